The highest BCUT2D eigenvalue weighted by Gasteiger charge is 2.13. The number of amides is 2. The maximum Gasteiger partial charge on any atom is 0.321 e. The van der Waals surface area contributed by atoms with Crippen LogP contribution in [0.3, 0.4) is 0 Å². The molecule has 110 valence electrons. The number of aryl methyl sites for hydroxylation is 2. The van der Waals surface area contributed by atoms with Crippen molar-refractivity contribution in [3.05, 3.63) is 64.2 Å². The molecule has 0 aliphatic rings. The van der Waals surface area contributed by atoms with Gasteiger partial charge in [0.05, 0.1) is 10.7 Å². The molecule has 2 aromatic carbocycles. The highest BCUT2D eigenvalue weighted by Crippen LogP contribution is 2.27. The van der Waals surface area contributed by atoms with Crippen LogP contribution in [0.2, 0.25) is 5.02 Å². The number of benzene rings is 2. The molecule has 0 aromatic heterocycles. The van der Waals surface area contributed by atoms with E-state index in [0.29, 0.717) is 17.3 Å². The van der Waals surface area contributed by atoms with Crippen molar-refractivity contribution in [1.29, 1.82) is 0 Å². The first-order valence-electron chi connectivity index (χ1n) is 6.80. The zero-order valence-corrected chi connectivity index (χ0v) is 13.2. The van der Waals surface area contributed by atoms with E-state index in [-0.39, 0.29) is 6.03 Å². The van der Waals surface area contributed by atoms with E-state index < -0.39 is 0 Å². The van der Waals surface area contributed by atoms with Gasteiger partial charge in [-0.05, 0) is 36.6 Å². The number of urea groups is 1. The first-order valence-corrected chi connectivity index (χ1v) is 7.18. The van der Waals surface area contributed by atoms with Crippen molar-refractivity contribution < 1.29 is 4.79 Å². The van der Waals surface area contributed by atoms with Gasteiger partial charge in [-0.1, -0.05) is 48.0 Å². The number of nitrogens with one attached hydrogen (secondary N) is 1. The van der Waals surface area contributed by atoms with Gasteiger partial charge >= 0.3 is 6.03 Å². The topological polar surface area (TPSA) is 32.3 Å². The fraction of sp³-hybridized carbons (Fsp3) is 0.235. The lowest BCUT2D eigenvalue weighted by atomic mass is 10.1. The molecule has 4 heteroatoms. The van der Waals surface area contributed by atoms with Crippen LogP contribution in [0.1, 0.15) is 16.7 Å². The van der Waals surface area contributed by atoms with E-state index >= 15 is 0 Å². The van der Waals surface area contributed by atoms with Crippen LogP contribution in [0.5, 0.6) is 0 Å². The molecule has 0 heterocycles. The van der Waals surface area contributed by atoms with E-state index in [1.807, 2.05) is 56.3 Å². The second kappa shape index (κ2) is 6.64. The molecule has 0 aliphatic carbocycles. The van der Waals surface area contributed by atoms with Crippen LogP contribution in [-0.4, -0.2) is 18.0 Å². The van der Waals surface area contributed by atoms with Crippen LogP contribution < -0.4 is 5.32 Å². The van der Waals surface area contributed by atoms with E-state index in [1.54, 1.807) is 11.9 Å². The second-order valence-electron chi connectivity index (χ2n) is 5.21. The normalized spacial score (nSPS) is 10.3. The summed E-state index contributed by atoms with van der Waals surface area (Å²) in [5.41, 5.74) is 3.80. The van der Waals surface area contributed by atoms with Crippen LogP contribution in [0, 0.1) is 13.8 Å². The number of nitrogens with zero attached hydrogens (tertiary/aromatic N) is 1. The van der Waals surface area contributed by atoms with Crippen molar-refractivity contribution in [1.82, 2.24) is 4.90 Å². The Morgan fingerprint density at radius 3 is 2.48 bits per heavy atom. The Hall–Kier alpha value is -2.00. The zero-order valence-electron chi connectivity index (χ0n) is 12.5. The van der Waals surface area contributed by atoms with Crippen molar-refractivity contribution in [3.63, 3.8) is 0 Å². The minimum Gasteiger partial charge on any atom is -0.323 e. The fourth-order valence-corrected chi connectivity index (χ4v) is 2.57. The van der Waals surface area contributed by atoms with Crippen molar-refractivity contribution in [2.45, 2.75) is 20.4 Å². The Balaban J connectivity index is 2.08. The van der Waals surface area contributed by atoms with Gasteiger partial charge < -0.3 is 10.2 Å². The predicted molar refractivity (Wildman–Crippen MR) is 87.9 cm³/mol. The van der Waals surface area contributed by atoms with Gasteiger partial charge in [0.25, 0.3) is 0 Å². The fourth-order valence-electron chi connectivity index (χ4n) is 2.21. The van der Waals surface area contributed by atoms with Crippen LogP contribution in [0.15, 0.2) is 42.5 Å². The van der Waals surface area contributed by atoms with E-state index in [4.69, 9.17) is 11.6 Å². The maximum atomic E-state index is 12.3. The first-order chi connectivity index (χ1) is 9.97. The molecular weight excluding hydrogens is 284 g/mol. The largest absolute Gasteiger partial charge is 0.323 e. The van der Waals surface area contributed by atoms with Crippen LogP contribution in [0.25, 0.3) is 0 Å². The third-order valence-corrected chi connectivity index (χ3v) is 3.57. The molecule has 3 nitrogen and oxygen atoms in total. The van der Waals surface area contributed by atoms with Crippen LogP contribution in [-0.2, 0) is 6.54 Å². The summed E-state index contributed by atoms with van der Waals surface area (Å²) in [6, 6.07) is 13.5. The number of anilines is 1. The highest BCUT2D eigenvalue weighted by molar-refractivity contribution is 6.34. The van der Waals surface area contributed by atoms with E-state index in [2.05, 4.69) is 5.32 Å². The number of rotatable bonds is 3. The third kappa shape index (κ3) is 3.99. The average Bonchev–Trinajstić information content (AvgIpc) is 2.43. The zero-order chi connectivity index (χ0) is 15.4. The predicted octanol–water partition coefficient (Wildman–Crippen LogP) is 4.62. The number of halogens is 1. The van der Waals surface area contributed by atoms with E-state index in [9.17, 15) is 4.79 Å². The summed E-state index contributed by atoms with van der Waals surface area (Å²) in [6.45, 7) is 4.47. The summed E-state index contributed by atoms with van der Waals surface area (Å²) in [6.07, 6.45) is 0. The van der Waals surface area contributed by atoms with Crippen molar-refractivity contribution in [2.24, 2.45) is 0 Å². The minimum absolute atomic E-state index is 0.173. The standard InChI is InChI=1S/C17H19ClN2O/c1-12-9-13(2)16(15(18)10-12)19-17(21)20(3)11-14-7-5-4-6-8-14/h4-10H,11H2,1-3H3,(H,19,21). The Kier molecular flexibility index (Phi) is 4.86. The molecule has 0 aliphatic heterocycles. The third-order valence-electron chi connectivity index (χ3n) is 3.27. The Bertz CT molecular complexity index is 617. The molecule has 0 saturated carbocycles. The number of hydrogen-bond acceptors (Lipinski definition) is 1. The van der Waals surface area contributed by atoms with Gasteiger partial charge in [0.1, 0.15) is 0 Å². The first kappa shape index (κ1) is 15.4. The van der Waals surface area contributed by atoms with Gasteiger partial charge in [-0.25, -0.2) is 4.79 Å². The lowest BCUT2D eigenvalue weighted by Gasteiger charge is -2.19. The lowest BCUT2D eigenvalue weighted by molar-refractivity contribution is 0.220. The Morgan fingerprint density at radius 2 is 1.86 bits per heavy atom. The Morgan fingerprint density at radius 1 is 1.19 bits per heavy atom. The molecule has 0 bridgehead atoms. The molecule has 0 saturated heterocycles. The van der Waals surface area contributed by atoms with E-state index in [1.165, 1.54) is 0 Å². The molecule has 0 atom stereocenters. The van der Waals surface area contributed by atoms with Crippen molar-refractivity contribution in [3.8, 4) is 0 Å². The average molecular weight is 303 g/mol. The van der Waals surface area contributed by atoms with Crippen LogP contribution in [0.4, 0.5) is 10.5 Å². The summed E-state index contributed by atoms with van der Waals surface area (Å²) >= 11 is 6.21. The van der Waals surface area contributed by atoms with Gasteiger partial charge in [-0.2, -0.15) is 0 Å². The molecule has 0 unspecified atom stereocenters. The lowest BCUT2D eigenvalue weighted by Crippen LogP contribution is -2.31. The maximum absolute atomic E-state index is 12.3. The highest BCUT2D eigenvalue weighted by atomic mass is 35.5. The summed E-state index contributed by atoms with van der Waals surface area (Å²) in [5.74, 6) is 0. The summed E-state index contributed by atoms with van der Waals surface area (Å²) in [7, 11) is 1.76. The number of carbonyl (C=O) groups is 1. The quantitative estimate of drug-likeness (QED) is 0.881. The van der Waals surface area contributed by atoms with Gasteiger partial charge in [0, 0.05) is 13.6 Å². The summed E-state index contributed by atoms with van der Waals surface area (Å²) in [5, 5.41) is 3.44. The Labute approximate surface area is 130 Å². The molecule has 2 aromatic rings. The van der Waals surface area contributed by atoms with Gasteiger partial charge in [-0.15, -0.1) is 0 Å². The van der Waals surface area contributed by atoms with E-state index in [0.717, 1.165) is 16.7 Å². The summed E-state index contributed by atoms with van der Waals surface area (Å²) < 4.78 is 0. The minimum atomic E-state index is -0.173. The summed E-state index contributed by atoms with van der Waals surface area (Å²) in [4.78, 5) is 13.9. The molecule has 0 fully saturated rings. The molecule has 2 rings (SSSR count). The monoisotopic (exact) mass is 302 g/mol. The molecule has 0 radical (unpaired) electrons. The SMILES string of the molecule is Cc1cc(C)c(NC(=O)N(C)Cc2ccccc2)c(Cl)c1. The van der Waals surface area contributed by atoms with Crippen molar-refractivity contribution >= 4 is 23.3 Å². The second-order valence-corrected chi connectivity index (χ2v) is 5.62. The van der Waals surface area contributed by atoms with Gasteiger partial charge in [-0.3, -0.25) is 0 Å². The number of hydrogen-bond donors (Lipinski definition) is 1. The molecule has 0 spiro atoms. The molecule has 2 amide bonds. The van der Waals surface area contributed by atoms with Crippen LogP contribution >= 0.6 is 11.6 Å². The number of carbonyl (C=O) groups excluding carboxylic acids is 1. The van der Waals surface area contributed by atoms with Gasteiger partial charge in [0.15, 0.2) is 0 Å². The van der Waals surface area contributed by atoms with Gasteiger partial charge in [0.2, 0.25) is 0 Å². The smallest absolute Gasteiger partial charge is 0.321 e. The molecular formula is C17H19ClN2O. The molecule has 1 N–H and O–H groups in total. The van der Waals surface area contributed by atoms with Crippen molar-refractivity contribution in [2.75, 3.05) is 12.4 Å². The molecule has 21 heavy (non-hydrogen) atoms.